The molecule has 2 amide bonds. The minimum Gasteiger partial charge on any atom is -0.477 e. The summed E-state index contributed by atoms with van der Waals surface area (Å²) in [6.45, 7) is 1.70. The van der Waals surface area contributed by atoms with Gasteiger partial charge in [-0.25, -0.2) is 9.48 Å². The number of tetrazole rings is 2. The molecule has 18 heteroatoms. The van der Waals surface area contributed by atoms with Crippen LogP contribution in [0.2, 0.25) is 0 Å². The third kappa shape index (κ3) is 4.49. The summed E-state index contributed by atoms with van der Waals surface area (Å²) in [6.07, 6.45) is 0. The minimum atomic E-state index is -1.64. The molecule has 0 radical (unpaired) electrons. The van der Waals surface area contributed by atoms with Crippen molar-refractivity contribution in [3.05, 3.63) is 17.1 Å². The molecule has 15 nitrogen and oxygen atoms in total. The number of carbonyl (C=O) groups is 3. The van der Waals surface area contributed by atoms with E-state index >= 15 is 0 Å². The number of nitrogens with zero attached hydrogens (tertiary/aromatic N) is 9. The van der Waals surface area contributed by atoms with Crippen molar-refractivity contribution in [3.8, 4) is 0 Å². The van der Waals surface area contributed by atoms with Crippen LogP contribution in [0, 0.1) is 6.92 Å². The Morgan fingerprint density at radius 1 is 1.35 bits per heavy atom. The van der Waals surface area contributed by atoms with E-state index < -0.39 is 28.9 Å². The van der Waals surface area contributed by atoms with E-state index in [1.54, 1.807) is 14.0 Å². The van der Waals surface area contributed by atoms with Crippen LogP contribution in [0.3, 0.4) is 0 Å². The molecule has 0 aliphatic carbocycles. The molecule has 2 aromatic rings. The van der Waals surface area contributed by atoms with E-state index in [0.717, 1.165) is 0 Å². The molecule has 4 heterocycles. The normalized spacial score (nSPS) is 21.9. The number of carbonyl (C=O) groups excluding carboxylic acids is 2. The number of methoxy groups -OCH3 is 1. The summed E-state index contributed by atoms with van der Waals surface area (Å²) in [4.78, 5) is 40.3. The van der Waals surface area contributed by atoms with E-state index in [4.69, 9.17) is 4.74 Å². The highest BCUT2D eigenvalue weighted by atomic mass is 32.2. The fourth-order valence-corrected chi connectivity index (χ4v) is 6.44. The Kier molecular flexibility index (Phi) is 7.10. The maximum Gasteiger partial charge on any atom is 0.352 e. The molecule has 0 aromatic carbocycles. The number of aryl methyl sites for hydroxylation is 2. The lowest BCUT2D eigenvalue weighted by Gasteiger charge is -2.55. The van der Waals surface area contributed by atoms with Crippen molar-refractivity contribution in [1.29, 1.82) is 0 Å². The van der Waals surface area contributed by atoms with Crippen LogP contribution in [0.25, 0.3) is 0 Å². The number of ether oxygens (including phenoxy) is 1. The van der Waals surface area contributed by atoms with Gasteiger partial charge in [0.2, 0.25) is 11.1 Å². The van der Waals surface area contributed by atoms with E-state index in [1.807, 2.05) is 0 Å². The number of β-lactam (4-membered cyclic amide) rings is 1. The second-order valence-corrected chi connectivity index (χ2v) is 10.1. The van der Waals surface area contributed by atoms with Crippen molar-refractivity contribution < 1.29 is 24.2 Å². The Balaban J connectivity index is 1.43. The third-order valence-corrected chi connectivity index (χ3v) is 8.26. The summed E-state index contributed by atoms with van der Waals surface area (Å²) in [6, 6.07) is 0. The zero-order valence-corrected chi connectivity index (χ0v) is 20.7. The van der Waals surface area contributed by atoms with Crippen LogP contribution < -0.4 is 5.32 Å². The van der Waals surface area contributed by atoms with Crippen molar-refractivity contribution in [3.63, 3.8) is 0 Å². The van der Waals surface area contributed by atoms with Gasteiger partial charge in [-0.15, -0.1) is 38.8 Å². The average Bonchev–Trinajstić information content (AvgIpc) is 3.42. The van der Waals surface area contributed by atoms with Crippen LogP contribution in [0.1, 0.15) is 5.82 Å². The lowest BCUT2D eigenvalue weighted by atomic mass is 9.98. The number of rotatable bonds is 10. The van der Waals surface area contributed by atoms with Gasteiger partial charge in [-0.1, -0.05) is 11.8 Å². The second-order valence-electron chi connectivity index (χ2n) is 7.14. The maximum absolute atomic E-state index is 13.1. The van der Waals surface area contributed by atoms with E-state index in [-0.39, 0.29) is 17.2 Å². The first kappa shape index (κ1) is 24.4. The third-order valence-electron chi connectivity index (χ3n) is 4.91. The van der Waals surface area contributed by atoms with E-state index in [1.165, 1.54) is 56.8 Å². The van der Waals surface area contributed by atoms with Gasteiger partial charge in [-0.2, -0.15) is 4.80 Å². The lowest BCUT2D eigenvalue weighted by Crippen LogP contribution is -2.80. The minimum absolute atomic E-state index is 0.0195. The largest absolute Gasteiger partial charge is 0.477 e. The van der Waals surface area contributed by atoms with Crippen LogP contribution in [0.5, 0.6) is 0 Å². The molecule has 34 heavy (non-hydrogen) atoms. The van der Waals surface area contributed by atoms with Gasteiger partial charge in [-0.3, -0.25) is 14.5 Å². The van der Waals surface area contributed by atoms with Gasteiger partial charge in [0.1, 0.15) is 16.9 Å². The first-order valence-corrected chi connectivity index (χ1v) is 12.9. The van der Waals surface area contributed by atoms with Crippen molar-refractivity contribution >= 4 is 53.1 Å². The Labute approximate surface area is 205 Å². The number of thioether (sulfide) groups is 3. The van der Waals surface area contributed by atoms with Crippen LogP contribution in [-0.4, -0.2) is 104 Å². The topological polar surface area (TPSA) is 183 Å². The molecular weight excluding hydrogens is 508 g/mol. The number of carboxylic acid groups (broad SMARTS) is 1. The molecule has 1 fully saturated rings. The predicted octanol–water partition coefficient (Wildman–Crippen LogP) is -1.30. The van der Waals surface area contributed by atoms with Gasteiger partial charge in [0.05, 0.1) is 5.75 Å². The standard InChI is InChI=1S/C16H20N10O5S3/c1-8-18-22-25(20-8)7-32-6-10(27)17-16(31-3)13(30)26-11(12(28)29)9(4-33-14(16)26)5-34-15-19-21-23-24(15)2/h14H,4-7H2,1-3H3,(H,17,27)(H,28,29)/t14?,16-/m1/s1. The van der Waals surface area contributed by atoms with Gasteiger partial charge in [0.15, 0.2) is 5.82 Å². The molecule has 0 saturated carbocycles. The molecule has 2 N–H and O–H groups in total. The van der Waals surface area contributed by atoms with E-state index in [9.17, 15) is 19.5 Å². The van der Waals surface area contributed by atoms with Gasteiger partial charge < -0.3 is 15.2 Å². The number of nitrogens with one attached hydrogen (secondary N) is 1. The molecule has 0 spiro atoms. The number of carboxylic acids is 1. The Morgan fingerprint density at radius 2 is 2.15 bits per heavy atom. The van der Waals surface area contributed by atoms with Crippen LogP contribution in [0.15, 0.2) is 16.4 Å². The summed E-state index contributed by atoms with van der Waals surface area (Å²) >= 11 is 3.82. The summed E-state index contributed by atoms with van der Waals surface area (Å²) < 4.78 is 6.92. The first-order chi connectivity index (χ1) is 16.3. The first-order valence-electron chi connectivity index (χ1n) is 9.71. The van der Waals surface area contributed by atoms with Crippen LogP contribution in [0.4, 0.5) is 0 Å². The Bertz CT molecular complexity index is 1150. The SMILES string of the molecule is CO[C@]1(NC(=O)CSCn2nnc(C)n2)C(=O)N2C(C(=O)O)=C(CSc3nnnn3C)CSC21. The van der Waals surface area contributed by atoms with Crippen molar-refractivity contribution in [1.82, 2.24) is 50.6 Å². The molecule has 1 unspecified atom stereocenters. The highest BCUT2D eigenvalue weighted by molar-refractivity contribution is 8.01. The molecule has 2 aromatic heterocycles. The molecule has 2 atom stereocenters. The highest BCUT2D eigenvalue weighted by Gasteiger charge is 2.66. The molecule has 4 rings (SSSR count). The number of aromatic nitrogens is 8. The van der Waals surface area contributed by atoms with Gasteiger partial charge in [-0.05, 0) is 28.1 Å². The van der Waals surface area contributed by atoms with Gasteiger partial charge in [0, 0.05) is 25.7 Å². The number of hydrogen-bond donors (Lipinski definition) is 2. The monoisotopic (exact) mass is 528 g/mol. The quantitative estimate of drug-likeness (QED) is 0.211. The zero-order chi connectivity index (χ0) is 24.5. The number of amides is 2. The lowest BCUT2D eigenvalue weighted by molar-refractivity contribution is -0.192. The van der Waals surface area contributed by atoms with Gasteiger partial charge >= 0.3 is 5.97 Å². The molecule has 2 aliphatic rings. The molecule has 1 saturated heterocycles. The van der Waals surface area contributed by atoms with Crippen LogP contribution in [-0.2, 0) is 32.0 Å². The Morgan fingerprint density at radius 3 is 2.76 bits per heavy atom. The number of aliphatic carboxylic acids is 1. The smallest absolute Gasteiger partial charge is 0.352 e. The second kappa shape index (κ2) is 9.88. The molecule has 182 valence electrons. The Hall–Kier alpha value is -2.70. The van der Waals surface area contributed by atoms with E-state index in [2.05, 4.69) is 36.3 Å². The summed E-state index contributed by atoms with van der Waals surface area (Å²) in [7, 11) is 2.98. The van der Waals surface area contributed by atoms with Crippen molar-refractivity contribution in [2.45, 2.75) is 29.1 Å². The van der Waals surface area contributed by atoms with Crippen molar-refractivity contribution in [2.24, 2.45) is 7.05 Å². The van der Waals surface area contributed by atoms with Gasteiger partial charge in [0.25, 0.3) is 11.6 Å². The zero-order valence-electron chi connectivity index (χ0n) is 18.2. The number of hydrogen-bond acceptors (Lipinski definition) is 13. The maximum atomic E-state index is 13.1. The highest BCUT2D eigenvalue weighted by Crippen LogP contribution is 2.47. The average molecular weight is 529 g/mol. The fourth-order valence-electron chi connectivity index (χ4n) is 3.39. The summed E-state index contributed by atoms with van der Waals surface area (Å²) in [5.41, 5.74) is -1.20. The summed E-state index contributed by atoms with van der Waals surface area (Å²) in [5.74, 6) is -0.835. The van der Waals surface area contributed by atoms with Crippen LogP contribution >= 0.6 is 35.3 Å². The predicted molar refractivity (Wildman–Crippen MR) is 120 cm³/mol. The van der Waals surface area contributed by atoms with E-state index in [0.29, 0.717) is 28.2 Å². The molecule has 0 bridgehead atoms. The fraction of sp³-hybridized carbons (Fsp3) is 0.562. The van der Waals surface area contributed by atoms with Crippen molar-refractivity contribution in [2.75, 3.05) is 24.4 Å². The molecular formula is C16H20N10O5S3. The molecule has 2 aliphatic heterocycles. The summed E-state index contributed by atoms with van der Waals surface area (Å²) in [5, 5.41) is 35.1. The number of fused-ring (bicyclic) bond motifs is 1.